The van der Waals surface area contributed by atoms with Crippen LogP contribution >= 0.6 is 11.9 Å². The summed E-state index contributed by atoms with van der Waals surface area (Å²) in [5.41, 5.74) is 6.05. The van der Waals surface area contributed by atoms with E-state index >= 15 is 0 Å². The lowest BCUT2D eigenvalue weighted by molar-refractivity contribution is 0.809. The molecule has 0 bridgehead atoms. The van der Waals surface area contributed by atoms with Crippen molar-refractivity contribution >= 4 is 11.9 Å². The van der Waals surface area contributed by atoms with Crippen LogP contribution in [0.5, 0.6) is 0 Å². The van der Waals surface area contributed by atoms with Crippen LogP contribution in [0.4, 0.5) is 0 Å². The molecule has 0 aliphatic rings. The molecule has 0 spiro atoms. The van der Waals surface area contributed by atoms with Gasteiger partial charge >= 0.3 is 0 Å². The molecule has 0 radical (unpaired) electrons. The second kappa shape index (κ2) is 6.44. The van der Waals surface area contributed by atoms with Crippen LogP contribution in [0, 0.1) is 11.3 Å². The van der Waals surface area contributed by atoms with Crippen LogP contribution in [-0.4, -0.2) is 13.1 Å². The van der Waals surface area contributed by atoms with Gasteiger partial charge < -0.3 is 5.73 Å². The Bertz CT molecular complexity index is 319. The molecule has 0 aliphatic heterocycles. The first-order chi connectivity index (χ1) is 6.86. The summed E-state index contributed by atoms with van der Waals surface area (Å²) in [5, 5.41) is 8.68. The van der Waals surface area contributed by atoms with Crippen LogP contribution in [0.3, 0.4) is 0 Å². The zero-order chi connectivity index (χ0) is 10.2. The third-order valence-electron chi connectivity index (χ3n) is 1.64. The fraction of sp³-hybridized carbons (Fsp3) is 0.300. The van der Waals surface area contributed by atoms with Gasteiger partial charge in [-0.3, -0.25) is 4.72 Å². The summed E-state index contributed by atoms with van der Waals surface area (Å²) in [6.45, 7) is 1.59. The summed E-state index contributed by atoms with van der Waals surface area (Å²) in [5.74, 6) is 0. The minimum absolute atomic E-state index is 0.690. The molecule has 0 aliphatic carbocycles. The number of benzene rings is 1. The lowest BCUT2D eigenvalue weighted by Gasteiger charge is -2.02. The summed E-state index contributed by atoms with van der Waals surface area (Å²) in [7, 11) is 0. The highest BCUT2D eigenvalue weighted by atomic mass is 32.2. The van der Waals surface area contributed by atoms with E-state index in [9.17, 15) is 0 Å². The number of nitrogens with zero attached hydrogens (tertiary/aromatic N) is 1. The molecule has 0 heterocycles. The molecular weight excluding hydrogens is 194 g/mol. The summed E-state index contributed by atoms with van der Waals surface area (Å²) < 4.78 is 3.18. The highest BCUT2D eigenvalue weighted by molar-refractivity contribution is 7.97. The van der Waals surface area contributed by atoms with Crippen LogP contribution in [0.1, 0.15) is 12.0 Å². The molecule has 74 valence electrons. The van der Waals surface area contributed by atoms with E-state index in [0.717, 1.165) is 17.9 Å². The van der Waals surface area contributed by atoms with Crippen LogP contribution in [0.25, 0.3) is 0 Å². The maximum Gasteiger partial charge on any atom is 0.0992 e. The molecular formula is C10H13N3S. The van der Waals surface area contributed by atoms with E-state index in [1.54, 1.807) is 6.07 Å². The van der Waals surface area contributed by atoms with Crippen molar-refractivity contribution in [3.8, 4) is 6.07 Å². The van der Waals surface area contributed by atoms with Gasteiger partial charge in [0.05, 0.1) is 11.6 Å². The zero-order valence-electron chi connectivity index (χ0n) is 7.86. The van der Waals surface area contributed by atoms with Crippen molar-refractivity contribution in [1.29, 1.82) is 5.26 Å². The highest BCUT2D eigenvalue weighted by Crippen LogP contribution is 2.15. The van der Waals surface area contributed by atoms with Crippen LogP contribution in [0.2, 0.25) is 0 Å². The van der Waals surface area contributed by atoms with E-state index in [4.69, 9.17) is 11.0 Å². The Morgan fingerprint density at radius 1 is 1.50 bits per heavy atom. The molecule has 3 nitrogen and oxygen atoms in total. The Hall–Kier alpha value is -1.02. The Balaban J connectivity index is 2.39. The Morgan fingerprint density at radius 3 is 3.07 bits per heavy atom. The molecule has 0 aromatic heterocycles. The van der Waals surface area contributed by atoms with E-state index in [0.29, 0.717) is 12.1 Å². The predicted octanol–water partition coefficient (Wildman–Crippen LogP) is 1.50. The second-order valence-electron chi connectivity index (χ2n) is 2.78. The predicted molar refractivity (Wildman–Crippen MR) is 58.7 cm³/mol. The number of nitrogens with two attached hydrogens (primary N) is 1. The van der Waals surface area contributed by atoms with Crippen molar-refractivity contribution in [2.75, 3.05) is 13.1 Å². The van der Waals surface area contributed by atoms with E-state index in [1.807, 2.05) is 18.2 Å². The smallest absolute Gasteiger partial charge is 0.0992 e. The number of nitrogens with one attached hydrogen (secondary N) is 1. The summed E-state index contributed by atoms with van der Waals surface area (Å²) in [6, 6.07) is 9.62. The molecule has 0 unspecified atom stereocenters. The van der Waals surface area contributed by atoms with Crippen molar-refractivity contribution in [2.24, 2.45) is 5.73 Å². The van der Waals surface area contributed by atoms with Gasteiger partial charge in [-0.1, -0.05) is 6.07 Å². The van der Waals surface area contributed by atoms with Crippen molar-refractivity contribution in [2.45, 2.75) is 11.3 Å². The lowest BCUT2D eigenvalue weighted by atomic mass is 10.2. The van der Waals surface area contributed by atoms with Crippen molar-refractivity contribution in [3.05, 3.63) is 29.8 Å². The number of rotatable bonds is 5. The molecule has 0 saturated carbocycles. The average molecular weight is 207 g/mol. The summed E-state index contributed by atoms with van der Waals surface area (Å²) >= 11 is 1.53. The quantitative estimate of drug-likeness (QED) is 0.567. The molecule has 1 aromatic carbocycles. The number of nitriles is 1. The molecule has 0 saturated heterocycles. The standard InChI is InChI=1S/C10H13N3S/c11-5-2-6-13-14-10-4-1-3-9(7-10)8-12/h1,3-4,7,13H,2,5-6,11H2. The first kappa shape index (κ1) is 11.1. The molecule has 1 aromatic rings. The maximum absolute atomic E-state index is 8.68. The Labute approximate surface area is 88.4 Å². The van der Waals surface area contributed by atoms with Gasteiger partial charge in [0.2, 0.25) is 0 Å². The van der Waals surface area contributed by atoms with Crippen LogP contribution < -0.4 is 10.5 Å². The van der Waals surface area contributed by atoms with E-state index in [2.05, 4.69) is 10.8 Å². The van der Waals surface area contributed by atoms with Gasteiger partial charge in [-0.2, -0.15) is 5.26 Å². The van der Waals surface area contributed by atoms with Gasteiger partial charge in [0.1, 0.15) is 0 Å². The lowest BCUT2D eigenvalue weighted by Crippen LogP contribution is -2.10. The Morgan fingerprint density at radius 2 is 2.36 bits per heavy atom. The molecule has 3 N–H and O–H groups in total. The zero-order valence-corrected chi connectivity index (χ0v) is 8.68. The second-order valence-corrected chi connectivity index (χ2v) is 3.74. The van der Waals surface area contributed by atoms with Gasteiger partial charge in [-0.15, -0.1) is 0 Å². The minimum Gasteiger partial charge on any atom is -0.330 e. The van der Waals surface area contributed by atoms with Crippen molar-refractivity contribution < 1.29 is 0 Å². The maximum atomic E-state index is 8.68. The van der Waals surface area contributed by atoms with Crippen LogP contribution in [0.15, 0.2) is 29.2 Å². The molecule has 0 fully saturated rings. The normalized spacial score (nSPS) is 9.71. The molecule has 0 amide bonds. The fourth-order valence-electron chi connectivity index (χ4n) is 0.938. The van der Waals surface area contributed by atoms with Gasteiger partial charge in [-0.25, -0.2) is 0 Å². The topological polar surface area (TPSA) is 61.8 Å². The van der Waals surface area contributed by atoms with E-state index in [-0.39, 0.29) is 0 Å². The SMILES string of the molecule is N#Cc1cccc(SNCCCN)c1. The van der Waals surface area contributed by atoms with Gasteiger partial charge in [0.25, 0.3) is 0 Å². The average Bonchev–Trinajstić information content (AvgIpc) is 2.25. The molecule has 4 heteroatoms. The number of hydrogen-bond donors (Lipinski definition) is 2. The summed E-state index contributed by atoms with van der Waals surface area (Å²) in [4.78, 5) is 1.06. The third-order valence-corrected chi connectivity index (χ3v) is 2.47. The monoisotopic (exact) mass is 207 g/mol. The van der Waals surface area contributed by atoms with E-state index in [1.165, 1.54) is 11.9 Å². The van der Waals surface area contributed by atoms with Crippen molar-refractivity contribution in [1.82, 2.24) is 4.72 Å². The first-order valence-electron chi connectivity index (χ1n) is 4.47. The molecule has 14 heavy (non-hydrogen) atoms. The van der Waals surface area contributed by atoms with E-state index < -0.39 is 0 Å². The molecule has 0 atom stereocenters. The Kier molecular flexibility index (Phi) is 5.08. The van der Waals surface area contributed by atoms with Gasteiger partial charge in [0, 0.05) is 11.4 Å². The van der Waals surface area contributed by atoms with Gasteiger partial charge in [0.15, 0.2) is 0 Å². The molecule has 1 rings (SSSR count). The van der Waals surface area contributed by atoms with Gasteiger partial charge in [-0.05, 0) is 43.1 Å². The summed E-state index contributed by atoms with van der Waals surface area (Å²) in [6.07, 6.45) is 0.963. The van der Waals surface area contributed by atoms with Crippen molar-refractivity contribution in [3.63, 3.8) is 0 Å². The third kappa shape index (κ3) is 3.79. The number of hydrogen-bond acceptors (Lipinski definition) is 4. The largest absolute Gasteiger partial charge is 0.330 e. The minimum atomic E-state index is 0.690. The first-order valence-corrected chi connectivity index (χ1v) is 5.28. The fourth-order valence-corrected chi connectivity index (χ4v) is 1.68. The highest BCUT2D eigenvalue weighted by Gasteiger charge is 1.95. The van der Waals surface area contributed by atoms with Crippen LogP contribution in [-0.2, 0) is 0 Å².